The Hall–Kier alpha value is -0.610. The molecule has 1 heterocycles. The molecule has 4 nitrogen and oxygen atoms in total. The van der Waals surface area contributed by atoms with Crippen molar-refractivity contribution in [1.82, 2.24) is 4.90 Å². The van der Waals surface area contributed by atoms with Crippen LogP contribution in [0.5, 0.6) is 0 Å². The van der Waals surface area contributed by atoms with Crippen LogP contribution in [0.3, 0.4) is 0 Å². The fourth-order valence-corrected chi connectivity index (χ4v) is 3.50. The highest BCUT2D eigenvalue weighted by molar-refractivity contribution is 5.79. The smallest absolute Gasteiger partial charge is 0.225 e. The van der Waals surface area contributed by atoms with Crippen LogP contribution < -0.4 is 5.73 Å². The minimum Gasteiger partial charge on any atom is -0.377 e. The summed E-state index contributed by atoms with van der Waals surface area (Å²) in [4.78, 5) is 14.6. The average molecular weight is 268 g/mol. The molecule has 3 atom stereocenters. The summed E-state index contributed by atoms with van der Waals surface area (Å²) < 4.78 is 5.68. The van der Waals surface area contributed by atoms with Gasteiger partial charge < -0.3 is 15.4 Å². The van der Waals surface area contributed by atoms with Gasteiger partial charge in [0, 0.05) is 25.6 Å². The molecule has 110 valence electrons. The topological polar surface area (TPSA) is 55.6 Å². The summed E-state index contributed by atoms with van der Waals surface area (Å²) in [5.74, 6) is 1.11. The van der Waals surface area contributed by atoms with Crippen LogP contribution in [0.4, 0.5) is 0 Å². The van der Waals surface area contributed by atoms with Gasteiger partial charge in [0.15, 0.2) is 0 Å². The zero-order valence-corrected chi connectivity index (χ0v) is 12.1. The van der Waals surface area contributed by atoms with Crippen molar-refractivity contribution in [3.8, 4) is 0 Å². The van der Waals surface area contributed by atoms with E-state index >= 15 is 0 Å². The van der Waals surface area contributed by atoms with E-state index in [9.17, 15) is 4.79 Å². The zero-order valence-electron chi connectivity index (χ0n) is 12.1. The van der Waals surface area contributed by atoms with E-state index in [0.717, 1.165) is 58.3 Å². The van der Waals surface area contributed by atoms with Crippen LogP contribution in [-0.4, -0.2) is 43.2 Å². The Morgan fingerprint density at radius 1 is 1.32 bits per heavy atom. The van der Waals surface area contributed by atoms with Gasteiger partial charge in [-0.1, -0.05) is 6.42 Å². The first-order chi connectivity index (χ1) is 9.24. The molecule has 2 fully saturated rings. The molecule has 1 aliphatic heterocycles. The van der Waals surface area contributed by atoms with Crippen LogP contribution >= 0.6 is 0 Å². The number of hydrogen-bond acceptors (Lipinski definition) is 3. The summed E-state index contributed by atoms with van der Waals surface area (Å²) >= 11 is 0. The van der Waals surface area contributed by atoms with Gasteiger partial charge in [-0.25, -0.2) is 0 Å². The van der Waals surface area contributed by atoms with Crippen LogP contribution in [0.15, 0.2) is 0 Å². The molecule has 0 radical (unpaired) electrons. The van der Waals surface area contributed by atoms with Crippen molar-refractivity contribution < 1.29 is 9.53 Å². The van der Waals surface area contributed by atoms with E-state index in [1.54, 1.807) is 0 Å². The molecule has 0 aromatic carbocycles. The number of carbonyl (C=O) groups is 1. The maximum Gasteiger partial charge on any atom is 0.225 e. The summed E-state index contributed by atoms with van der Waals surface area (Å²) in [5.41, 5.74) is 5.76. The van der Waals surface area contributed by atoms with Crippen LogP contribution in [0.25, 0.3) is 0 Å². The highest BCUT2D eigenvalue weighted by Crippen LogP contribution is 2.30. The van der Waals surface area contributed by atoms with Crippen LogP contribution in [0, 0.1) is 11.8 Å². The molecule has 4 heteroatoms. The molecule has 19 heavy (non-hydrogen) atoms. The molecule has 0 bridgehead atoms. The number of carbonyl (C=O) groups excluding carboxylic acids is 1. The van der Waals surface area contributed by atoms with Gasteiger partial charge >= 0.3 is 0 Å². The molecule has 0 aromatic heterocycles. The number of hydrogen-bond donors (Lipinski definition) is 1. The van der Waals surface area contributed by atoms with Crippen molar-refractivity contribution in [3.63, 3.8) is 0 Å². The third kappa shape index (κ3) is 3.93. The molecule has 3 unspecified atom stereocenters. The van der Waals surface area contributed by atoms with E-state index in [2.05, 4.69) is 0 Å². The minimum absolute atomic E-state index is 0.211. The Bertz CT molecular complexity index is 294. The molecule has 1 saturated heterocycles. The second kappa shape index (κ2) is 7.25. The van der Waals surface area contributed by atoms with Crippen molar-refractivity contribution >= 4 is 5.91 Å². The lowest BCUT2D eigenvalue weighted by molar-refractivity contribution is -0.141. The van der Waals surface area contributed by atoms with E-state index in [1.165, 1.54) is 6.42 Å². The summed E-state index contributed by atoms with van der Waals surface area (Å²) in [6.07, 6.45) is 6.80. The lowest BCUT2D eigenvalue weighted by Gasteiger charge is -2.37. The monoisotopic (exact) mass is 268 g/mol. The number of piperidine rings is 1. The number of ether oxygens (including phenoxy) is 1. The highest BCUT2D eigenvalue weighted by atomic mass is 16.5. The lowest BCUT2D eigenvalue weighted by atomic mass is 9.80. The molecule has 2 aliphatic rings. The molecule has 0 aromatic rings. The second-order valence-corrected chi connectivity index (χ2v) is 5.97. The van der Waals surface area contributed by atoms with Crippen molar-refractivity contribution in [2.24, 2.45) is 17.6 Å². The Balaban J connectivity index is 1.87. The molecule has 0 spiro atoms. The SMILES string of the molecule is CCOC1CCCN(C(=O)C2CCCC(CN)C2)C1. The van der Waals surface area contributed by atoms with Crippen molar-refractivity contribution in [3.05, 3.63) is 0 Å². The van der Waals surface area contributed by atoms with Crippen molar-refractivity contribution in [1.29, 1.82) is 0 Å². The van der Waals surface area contributed by atoms with Crippen LogP contribution in [0.2, 0.25) is 0 Å². The third-order valence-corrected chi connectivity index (χ3v) is 4.56. The quantitative estimate of drug-likeness (QED) is 0.845. The standard InChI is InChI=1S/C15H28N2O2/c1-2-19-14-7-4-8-17(11-14)15(18)13-6-3-5-12(9-13)10-16/h12-14H,2-11,16H2,1H3. The van der Waals surface area contributed by atoms with Crippen LogP contribution in [-0.2, 0) is 9.53 Å². The lowest BCUT2D eigenvalue weighted by Crippen LogP contribution is -2.46. The Kier molecular flexibility index (Phi) is 5.64. The van der Waals surface area contributed by atoms with E-state index < -0.39 is 0 Å². The molecule has 1 amide bonds. The summed E-state index contributed by atoms with van der Waals surface area (Å²) in [5, 5.41) is 0. The predicted molar refractivity (Wildman–Crippen MR) is 75.7 cm³/mol. The molecule has 2 rings (SSSR count). The Morgan fingerprint density at radius 3 is 2.89 bits per heavy atom. The first-order valence-corrected chi connectivity index (χ1v) is 7.85. The molecule has 1 saturated carbocycles. The van der Waals surface area contributed by atoms with Crippen molar-refractivity contribution in [2.45, 2.75) is 51.6 Å². The number of nitrogens with zero attached hydrogens (tertiary/aromatic N) is 1. The van der Waals surface area contributed by atoms with E-state index in [4.69, 9.17) is 10.5 Å². The van der Waals surface area contributed by atoms with Gasteiger partial charge in [0.25, 0.3) is 0 Å². The van der Waals surface area contributed by atoms with Crippen molar-refractivity contribution in [2.75, 3.05) is 26.2 Å². The summed E-state index contributed by atoms with van der Waals surface area (Å²) in [7, 11) is 0. The van der Waals surface area contributed by atoms with Crippen LogP contribution in [0.1, 0.15) is 45.4 Å². The van der Waals surface area contributed by atoms with Gasteiger partial charge in [0.1, 0.15) is 0 Å². The van der Waals surface area contributed by atoms with E-state index in [-0.39, 0.29) is 12.0 Å². The number of likely N-dealkylation sites (tertiary alicyclic amines) is 1. The van der Waals surface area contributed by atoms with E-state index in [1.807, 2.05) is 11.8 Å². The van der Waals surface area contributed by atoms with Gasteiger partial charge in [-0.3, -0.25) is 4.79 Å². The molecular weight excluding hydrogens is 240 g/mol. The fraction of sp³-hybridized carbons (Fsp3) is 0.933. The minimum atomic E-state index is 0.211. The third-order valence-electron chi connectivity index (χ3n) is 4.56. The Morgan fingerprint density at radius 2 is 2.16 bits per heavy atom. The number of nitrogens with two attached hydrogens (primary N) is 1. The van der Waals surface area contributed by atoms with Gasteiger partial charge in [0.05, 0.1) is 6.10 Å². The number of rotatable bonds is 4. The van der Waals surface area contributed by atoms with Gasteiger partial charge in [0.2, 0.25) is 5.91 Å². The Labute approximate surface area is 116 Å². The normalized spacial score (nSPS) is 32.3. The fourth-order valence-electron chi connectivity index (χ4n) is 3.50. The summed E-state index contributed by atoms with van der Waals surface area (Å²) in [6.45, 7) is 5.19. The second-order valence-electron chi connectivity index (χ2n) is 5.97. The largest absolute Gasteiger partial charge is 0.377 e. The maximum atomic E-state index is 12.6. The maximum absolute atomic E-state index is 12.6. The first-order valence-electron chi connectivity index (χ1n) is 7.85. The van der Waals surface area contributed by atoms with Gasteiger partial charge in [-0.2, -0.15) is 0 Å². The zero-order chi connectivity index (χ0) is 13.7. The molecule has 2 N–H and O–H groups in total. The molecular formula is C15H28N2O2. The molecule has 1 aliphatic carbocycles. The van der Waals surface area contributed by atoms with E-state index in [0.29, 0.717) is 11.8 Å². The average Bonchev–Trinajstić information content (AvgIpc) is 2.47. The highest BCUT2D eigenvalue weighted by Gasteiger charge is 2.32. The number of amides is 1. The summed E-state index contributed by atoms with van der Waals surface area (Å²) in [6, 6.07) is 0. The van der Waals surface area contributed by atoms with Gasteiger partial charge in [-0.15, -0.1) is 0 Å². The van der Waals surface area contributed by atoms with Gasteiger partial charge in [-0.05, 0) is 51.5 Å². The first kappa shape index (κ1) is 14.8. The predicted octanol–water partition coefficient (Wildman–Crippen LogP) is 1.78.